The first kappa shape index (κ1) is 14.0. The maximum absolute atomic E-state index is 11.7. The molecule has 0 saturated carbocycles. The highest BCUT2D eigenvalue weighted by Crippen LogP contribution is 2.17. The van der Waals surface area contributed by atoms with Gasteiger partial charge in [-0.25, -0.2) is 14.8 Å². The van der Waals surface area contributed by atoms with Crippen molar-refractivity contribution in [2.45, 2.75) is 32.4 Å². The number of nitrogens with one attached hydrogen (secondary N) is 1. The molecule has 7 heteroatoms. The molecule has 0 aromatic carbocycles. The van der Waals surface area contributed by atoms with Crippen molar-refractivity contribution in [3.05, 3.63) is 16.9 Å². The summed E-state index contributed by atoms with van der Waals surface area (Å²) in [6, 6.07) is 0.175. The van der Waals surface area contributed by atoms with Crippen LogP contribution in [0, 0.1) is 0 Å². The molecule has 6 nitrogen and oxygen atoms in total. The largest absolute Gasteiger partial charge is 0.444 e. The summed E-state index contributed by atoms with van der Waals surface area (Å²) >= 11 is 3.28. The van der Waals surface area contributed by atoms with Crippen molar-refractivity contribution in [3.8, 4) is 0 Å². The van der Waals surface area contributed by atoms with Crippen molar-refractivity contribution in [2.24, 2.45) is 0 Å². The number of halogens is 1. The fourth-order valence-electron chi connectivity index (χ4n) is 1.61. The van der Waals surface area contributed by atoms with Crippen LogP contribution >= 0.6 is 15.9 Å². The van der Waals surface area contributed by atoms with Crippen LogP contribution in [0.4, 0.5) is 10.7 Å². The SMILES string of the molecule is CC(C)(C)OC(=O)N1CC(Nc2ncc(Br)cn2)C1. The third kappa shape index (κ3) is 4.05. The van der Waals surface area contributed by atoms with Crippen molar-refractivity contribution in [1.29, 1.82) is 0 Å². The van der Waals surface area contributed by atoms with Crippen molar-refractivity contribution < 1.29 is 9.53 Å². The summed E-state index contributed by atoms with van der Waals surface area (Å²) in [5.41, 5.74) is -0.454. The zero-order chi connectivity index (χ0) is 14.0. The molecule has 1 saturated heterocycles. The van der Waals surface area contributed by atoms with Gasteiger partial charge in [0.05, 0.1) is 10.5 Å². The van der Waals surface area contributed by atoms with Crippen LogP contribution in [0.1, 0.15) is 20.8 Å². The topological polar surface area (TPSA) is 67.3 Å². The Balaban J connectivity index is 1.77. The summed E-state index contributed by atoms with van der Waals surface area (Å²) in [5.74, 6) is 0.567. The standard InChI is InChI=1S/C12H17BrN4O2/c1-12(2,3)19-11(18)17-6-9(7-17)16-10-14-4-8(13)5-15-10/h4-5,9H,6-7H2,1-3H3,(H,14,15,16). The lowest BCUT2D eigenvalue weighted by Crippen LogP contribution is -2.58. The maximum atomic E-state index is 11.7. The fourth-order valence-corrected chi connectivity index (χ4v) is 1.82. The van der Waals surface area contributed by atoms with Crippen molar-refractivity contribution in [2.75, 3.05) is 18.4 Å². The van der Waals surface area contributed by atoms with Gasteiger partial charge < -0.3 is 15.0 Å². The molecular weight excluding hydrogens is 312 g/mol. The number of rotatable bonds is 2. The average molecular weight is 329 g/mol. The van der Waals surface area contributed by atoms with E-state index in [9.17, 15) is 4.79 Å². The molecule has 1 aromatic rings. The van der Waals surface area contributed by atoms with E-state index in [0.29, 0.717) is 19.0 Å². The highest BCUT2D eigenvalue weighted by atomic mass is 79.9. The quantitative estimate of drug-likeness (QED) is 0.902. The zero-order valence-corrected chi connectivity index (χ0v) is 12.8. The monoisotopic (exact) mass is 328 g/mol. The highest BCUT2D eigenvalue weighted by Gasteiger charge is 2.33. The Morgan fingerprint density at radius 3 is 2.53 bits per heavy atom. The van der Waals surface area contributed by atoms with Crippen LogP contribution in [0.2, 0.25) is 0 Å². The van der Waals surface area contributed by atoms with E-state index >= 15 is 0 Å². The second-order valence-corrected chi connectivity index (χ2v) is 6.37. The molecule has 1 aliphatic rings. The van der Waals surface area contributed by atoms with Crippen molar-refractivity contribution in [3.63, 3.8) is 0 Å². The smallest absolute Gasteiger partial charge is 0.410 e. The lowest BCUT2D eigenvalue weighted by atomic mass is 10.1. The third-order valence-corrected chi connectivity index (χ3v) is 2.90. The highest BCUT2D eigenvalue weighted by molar-refractivity contribution is 9.10. The van der Waals surface area contributed by atoms with Gasteiger partial charge in [-0.05, 0) is 36.7 Å². The Morgan fingerprint density at radius 1 is 1.42 bits per heavy atom. The molecule has 1 aromatic heterocycles. The second kappa shape index (κ2) is 5.32. The minimum atomic E-state index is -0.454. The van der Waals surface area contributed by atoms with Crippen LogP contribution in [0.25, 0.3) is 0 Å². The lowest BCUT2D eigenvalue weighted by molar-refractivity contribution is 0.0104. The first-order valence-electron chi connectivity index (χ1n) is 6.05. The summed E-state index contributed by atoms with van der Waals surface area (Å²) in [7, 11) is 0. The van der Waals surface area contributed by atoms with E-state index < -0.39 is 5.60 Å². The molecule has 0 unspecified atom stereocenters. The van der Waals surface area contributed by atoms with Crippen molar-refractivity contribution >= 4 is 28.0 Å². The molecule has 1 amide bonds. The van der Waals surface area contributed by atoms with Gasteiger partial charge in [0, 0.05) is 25.5 Å². The van der Waals surface area contributed by atoms with Gasteiger partial charge in [0.25, 0.3) is 0 Å². The van der Waals surface area contributed by atoms with Gasteiger partial charge in [0.15, 0.2) is 0 Å². The number of amides is 1. The molecule has 0 radical (unpaired) electrons. The Labute approximate surface area is 120 Å². The van der Waals surface area contributed by atoms with E-state index in [1.54, 1.807) is 17.3 Å². The minimum Gasteiger partial charge on any atom is -0.444 e. The van der Waals surface area contributed by atoms with Gasteiger partial charge in [-0.15, -0.1) is 0 Å². The number of ether oxygens (including phenoxy) is 1. The van der Waals surface area contributed by atoms with E-state index in [4.69, 9.17) is 4.74 Å². The van der Waals surface area contributed by atoms with E-state index in [1.807, 2.05) is 20.8 Å². The molecule has 2 heterocycles. The number of hydrogen-bond donors (Lipinski definition) is 1. The number of likely N-dealkylation sites (tertiary alicyclic amines) is 1. The van der Waals surface area contributed by atoms with Crippen molar-refractivity contribution in [1.82, 2.24) is 14.9 Å². The van der Waals surface area contributed by atoms with E-state index in [2.05, 4.69) is 31.2 Å². The summed E-state index contributed by atoms with van der Waals surface area (Å²) < 4.78 is 6.11. The number of carbonyl (C=O) groups excluding carboxylic acids is 1. The molecule has 19 heavy (non-hydrogen) atoms. The summed E-state index contributed by atoms with van der Waals surface area (Å²) in [5, 5.41) is 3.16. The van der Waals surface area contributed by atoms with Gasteiger partial charge in [-0.2, -0.15) is 0 Å². The number of hydrogen-bond acceptors (Lipinski definition) is 5. The Hall–Kier alpha value is -1.37. The predicted octanol–water partition coefficient (Wildman–Crippen LogP) is 2.27. The van der Waals surface area contributed by atoms with Gasteiger partial charge >= 0.3 is 6.09 Å². The minimum absolute atomic E-state index is 0.175. The first-order valence-corrected chi connectivity index (χ1v) is 6.85. The molecule has 1 aliphatic heterocycles. The van der Waals surface area contributed by atoms with E-state index in [-0.39, 0.29) is 12.1 Å². The van der Waals surface area contributed by atoms with Gasteiger partial charge in [0.2, 0.25) is 5.95 Å². The molecule has 0 spiro atoms. The number of carbonyl (C=O) groups is 1. The number of anilines is 1. The van der Waals surface area contributed by atoms with Gasteiger partial charge in [0.1, 0.15) is 5.60 Å². The molecule has 1 fully saturated rings. The molecule has 0 atom stereocenters. The lowest BCUT2D eigenvalue weighted by Gasteiger charge is -2.39. The number of aromatic nitrogens is 2. The summed E-state index contributed by atoms with van der Waals surface area (Å²) in [6.45, 7) is 6.78. The third-order valence-electron chi connectivity index (χ3n) is 2.49. The molecule has 104 valence electrons. The first-order chi connectivity index (χ1) is 8.83. The van der Waals surface area contributed by atoms with Crippen LogP contribution in [0.15, 0.2) is 16.9 Å². The normalized spacial score (nSPS) is 15.9. The zero-order valence-electron chi connectivity index (χ0n) is 11.2. The Kier molecular flexibility index (Phi) is 3.93. The molecule has 2 rings (SSSR count). The fraction of sp³-hybridized carbons (Fsp3) is 0.583. The van der Waals surface area contributed by atoms with Gasteiger partial charge in [-0.1, -0.05) is 0 Å². The van der Waals surface area contributed by atoms with Crippen LogP contribution < -0.4 is 5.32 Å². The predicted molar refractivity (Wildman–Crippen MR) is 74.9 cm³/mol. The second-order valence-electron chi connectivity index (χ2n) is 5.45. The molecule has 0 bridgehead atoms. The van der Waals surface area contributed by atoms with Crippen LogP contribution in [0.3, 0.4) is 0 Å². The summed E-state index contributed by atoms with van der Waals surface area (Å²) in [6.07, 6.45) is 3.08. The molecular formula is C12H17BrN4O2. The molecule has 0 aliphatic carbocycles. The van der Waals surface area contributed by atoms with Crippen LogP contribution in [-0.4, -0.2) is 45.7 Å². The maximum Gasteiger partial charge on any atom is 0.410 e. The van der Waals surface area contributed by atoms with E-state index in [0.717, 1.165) is 4.47 Å². The average Bonchev–Trinajstić information content (AvgIpc) is 2.22. The Bertz CT molecular complexity index is 452. The Morgan fingerprint density at radius 2 is 2.00 bits per heavy atom. The van der Waals surface area contributed by atoms with Crippen LogP contribution in [-0.2, 0) is 4.74 Å². The van der Waals surface area contributed by atoms with Crippen LogP contribution in [0.5, 0.6) is 0 Å². The van der Waals surface area contributed by atoms with Gasteiger partial charge in [-0.3, -0.25) is 0 Å². The number of nitrogens with zero attached hydrogens (tertiary/aromatic N) is 3. The molecule has 1 N–H and O–H groups in total. The van der Waals surface area contributed by atoms with E-state index in [1.165, 1.54) is 0 Å². The summed E-state index contributed by atoms with van der Waals surface area (Å²) in [4.78, 5) is 21.6.